The van der Waals surface area contributed by atoms with Crippen LogP contribution in [0.1, 0.15) is 33.6 Å². The van der Waals surface area contributed by atoms with Crippen LogP contribution in [-0.2, 0) is 0 Å². The van der Waals surface area contributed by atoms with Gasteiger partial charge in [-0.05, 0) is 18.3 Å². The second-order valence-corrected chi connectivity index (χ2v) is 4.03. The molecule has 0 radical (unpaired) electrons. The molecule has 0 aliphatic heterocycles. The van der Waals surface area contributed by atoms with Crippen LogP contribution in [0.15, 0.2) is 12.2 Å². The zero-order valence-electron chi connectivity index (χ0n) is 7.15. The number of hydrogen-bond acceptors (Lipinski definition) is 0. The molecule has 0 aliphatic rings. The predicted molar refractivity (Wildman–Crippen MR) is 48.5 cm³/mol. The van der Waals surface area contributed by atoms with Crippen molar-refractivity contribution < 1.29 is 0 Å². The highest BCUT2D eigenvalue weighted by molar-refractivity contribution is 6.18. The average Bonchev–Trinajstić information content (AvgIpc) is 1.78. The topological polar surface area (TPSA) is 0 Å². The molecule has 0 atom stereocenters. The molecule has 0 N–H and O–H groups in total. The lowest BCUT2D eigenvalue weighted by Crippen LogP contribution is -2.02. The molecule has 0 unspecified atom stereocenters. The van der Waals surface area contributed by atoms with Gasteiger partial charge in [-0.25, -0.2) is 0 Å². The fourth-order valence-electron chi connectivity index (χ4n) is 0.697. The molecule has 0 aliphatic carbocycles. The molecular formula is C9H17Cl. The van der Waals surface area contributed by atoms with E-state index in [1.54, 1.807) is 0 Å². The molecule has 0 aromatic carbocycles. The van der Waals surface area contributed by atoms with Crippen molar-refractivity contribution >= 4 is 11.6 Å². The van der Waals surface area contributed by atoms with Crippen molar-refractivity contribution in [2.75, 3.05) is 5.88 Å². The van der Waals surface area contributed by atoms with E-state index in [2.05, 4.69) is 26.8 Å². The quantitative estimate of drug-likeness (QED) is 0.437. The summed E-state index contributed by atoms with van der Waals surface area (Å²) in [5.41, 5.74) is 0.455. The standard InChI is InChI=1S/C9H17Cl/c1-9(2,3)7-5-4-6-8-10/h4,6H,5,7-8H2,1-3H3/b6-4+. The van der Waals surface area contributed by atoms with Gasteiger partial charge < -0.3 is 0 Å². The number of alkyl halides is 1. The summed E-state index contributed by atoms with van der Waals surface area (Å²) in [7, 11) is 0. The van der Waals surface area contributed by atoms with E-state index in [0.717, 1.165) is 6.42 Å². The van der Waals surface area contributed by atoms with Crippen LogP contribution < -0.4 is 0 Å². The van der Waals surface area contributed by atoms with Gasteiger partial charge in [-0.2, -0.15) is 0 Å². The van der Waals surface area contributed by atoms with Crippen molar-refractivity contribution in [2.45, 2.75) is 33.6 Å². The fourth-order valence-corrected chi connectivity index (χ4v) is 0.823. The minimum Gasteiger partial charge on any atom is -0.122 e. The summed E-state index contributed by atoms with van der Waals surface area (Å²) in [6, 6.07) is 0. The second-order valence-electron chi connectivity index (χ2n) is 3.73. The first-order valence-electron chi connectivity index (χ1n) is 3.77. The van der Waals surface area contributed by atoms with E-state index in [1.807, 2.05) is 6.08 Å². The fraction of sp³-hybridized carbons (Fsp3) is 0.778. The highest BCUT2D eigenvalue weighted by Crippen LogP contribution is 2.20. The van der Waals surface area contributed by atoms with Gasteiger partial charge in [-0.15, -0.1) is 11.6 Å². The Morgan fingerprint density at radius 1 is 1.20 bits per heavy atom. The number of rotatable bonds is 3. The Morgan fingerprint density at radius 2 is 1.80 bits per heavy atom. The van der Waals surface area contributed by atoms with E-state index < -0.39 is 0 Å². The Morgan fingerprint density at radius 3 is 2.20 bits per heavy atom. The van der Waals surface area contributed by atoms with Crippen LogP contribution >= 0.6 is 11.6 Å². The molecule has 0 aromatic rings. The summed E-state index contributed by atoms with van der Waals surface area (Å²) in [6.07, 6.45) is 6.54. The van der Waals surface area contributed by atoms with Gasteiger partial charge in [0.15, 0.2) is 0 Å². The third kappa shape index (κ3) is 8.03. The highest BCUT2D eigenvalue weighted by atomic mass is 35.5. The Balaban J connectivity index is 3.28. The molecule has 1 heteroatoms. The molecule has 0 rings (SSSR count). The van der Waals surface area contributed by atoms with Crippen LogP contribution in [0, 0.1) is 5.41 Å². The zero-order valence-corrected chi connectivity index (χ0v) is 7.91. The molecule has 0 bridgehead atoms. The monoisotopic (exact) mass is 160 g/mol. The van der Waals surface area contributed by atoms with Gasteiger partial charge in [-0.1, -0.05) is 32.9 Å². The van der Waals surface area contributed by atoms with E-state index in [4.69, 9.17) is 11.6 Å². The van der Waals surface area contributed by atoms with Gasteiger partial charge in [0.2, 0.25) is 0 Å². The minimum absolute atomic E-state index is 0.455. The molecule has 0 saturated heterocycles. The summed E-state index contributed by atoms with van der Waals surface area (Å²) < 4.78 is 0. The zero-order chi connectivity index (χ0) is 8.04. The van der Waals surface area contributed by atoms with E-state index >= 15 is 0 Å². The largest absolute Gasteiger partial charge is 0.122 e. The Hall–Kier alpha value is 0.0300. The lowest BCUT2D eigenvalue weighted by molar-refractivity contribution is 0.381. The molecule has 0 nitrogen and oxygen atoms in total. The molecule has 0 heterocycles. The lowest BCUT2D eigenvalue weighted by Gasteiger charge is -2.15. The van der Waals surface area contributed by atoms with Crippen LogP contribution in [-0.4, -0.2) is 5.88 Å². The van der Waals surface area contributed by atoms with Crippen molar-refractivity contribution in [3.63, 3.8) is 0 Å². The molecule has 0 spiro atoms. The van der Waals surface area contributed by atoms with Crippen LogP contribution in [0.3, 0.4) is 0 Å². The van der Waals surface area contributed by atoms with E-state index in [-0.39, 0.29) is 0 Å². The number of halogens is 1. The summed E-state index contributed by atoms with van der Waals surface area (Å²) in [4.78, 5) is 0. The Labute approximate surface area is 69.3 Å². The Bertz CT molecular complexity index is 97.8. The van der Waals surface area contributed by atoms with Gasteiger partial charge in [-0.3, -0.25) is 0 Å². The van der Waals surface area contributed by atoms with Crippen LogP contribution in [0.5, 0.6) is 0 Å². The van der Waals surface area contributed by atoms with E-state index in [0.29, 0.717) is 11.3 Å². The maximum absolute atomic E-state index is 5.46. The smallest absolute Gasteiger partial charge is 0.0404 e. The third-order valence-corrected chi connectivity index (χ3v) is 1.49. The van der Waals surface area contributed by atoms with E-state index in [9.17, 15) is 0 Å². The predicted octanol–water partition coefficient (Wildman–Crippen LogP) is 3.61. The molecule has 0 amide bonds. The summed E-state index contributed by atoms with van der Waals surface area (Å²) in [5.74, 6) is 0.643. The first kappa shape index (κ1) is 10.0. The van der Waals surface area contributed by atoms with Crippen LogP contribution in [0.2, 0.25) is 0 Å². The molecule has 0 saturated carbocycles. The molecule has 0 fully saturated rings. The minimum atomic E-state index is 0.455. The lowest BCUT2D eigenvalue weighted by atomic mass is 9.91. The normalized spacial score (nSPS) is 12.8. The maximum Gasteiger partial charge on any atom is 0.0404 e. The number of hydrogen-bond donors (Lipinski definition) is 0. The summed E-state index contributed by atoms with van der Waals surface area (Å²) >= 11 is 5.46. The van der Waals surface area contributed by atoms with Gasteiger partial charge in [0, 0.05) is 5.88 Å². The summed E-state index contributed by atoms with van der Waals surface area (Å²) in [6.45, 7) is 6.75. The second kappa shape index (κ2) is 4.79. The van der Waals surface area contributed by atoms with Crippen molar-refractivity contribution in [1.29, 1.82) is 0 Å². The van der Waals surface area contributed by atoms with Crippen LogP contribution in [0.4, 0.5) is 0 Å². The maximum atomic E-state index is 5.46. The van der Waals surface area contributed by atoms with Crippen molar-refractivity contribution in [1.82, 2.24) is 0 Å². The Kier molecular flexibility index (Phi) is 4.80. The van der Waals surface area contributed by atoms with E-state index in [1.165, 1.54) is 6.42 Å². The number of allylic oxidation sites excluding steroid dienone is 2. The molecular weight excluding hydrogens is 144 g/mol. The molecule has 60 valence electrons. The van der Waals surface area contributed by atoms with Crippen molar-refractivity contribution in [3.8, 4) is 0 Å². The summed E-state index contributed by atoms with van der Waals surface area (Å²) in [5, 5.41) is 0. The van der Waals surface area contributed by atoms with Gasteiger partial charge in [0.05, 0.1) is 0 Å². The van der Waals surface area contributed by atoms with Gasteiger partial charge in [0.25, 0.3) is 0 Å². The van der Waals surface area contributed by atoms with Gasteiger partial charge in [0.1, 0.15) is 0 Å². The first-order valence-corrected chi connectivity index (χ1v) is 4.31. The SMILES string of the molecule is CC(C)(C)CC/C=C/CCl. The third-order valence-electron chi connectivity index (χ3n) is 1.32. The van der Waals surface area contributed by atoms with Gasteiger partial charge >= 0.3 is 0 Å². The average molecular weight is 161 g/mol. The van der Waals surface area contributed by atoms with Crippen molar-refractivity contribution in [3.05, 3.63) is 12.2 Å². The molecule has 0 aromatic heterocycles. The first-order chi connectivity index (χ1) is 4.56. The van der Waals surface area contributed by atoms with Crippen LogP contribution in [0.25, 0.3) is 0 Å². The van der Waals surface area contributed by atoms with Crippen molar-refractivity contribution in [2.24, 2.45) is 5.41 Å². The molecule has 10 heavy (non-hydrogen) atoms. The highest BCUT2D eigenvalue weighted by Gasteiger charge is 2.07.